The number of ether oxygens (including phenoxy) is 1. The summed E-state index contributed by atoms with van der Waals surface area (Å²) in [6.45, 7) is 0. The second kappa shape index (κ2) is 3.09. The lowest BCUT2D eigenvalue weighted by Crippen LogP contribution is -2.39. The molecule has 2 fully saturated rings. The molecule has 4 unspecified atom stereocenters. The van der Waals surface area contributed by atoms with Crippen LogP contribution < -0.4 is 0 Å². The number of alkyl halides is 1. The zero-order valence-corrected chi connectivity index (χ0v) is 7.85. The molecule has 0 spiro atoms. The summed E-state index contributed by atoms with van der Waals surface area (Å²) in [6.07, 6.45) is 0.494. The molecule has 1 N–H and O–H groups in total. The van der Waals surface area contributed by atoms with Gasteiger partial charge in [0.25, 0.3) is 0 Å². The molecule has 1 saturated carbocycles. The van der Waals surface area contributed by atoms with Crippen LogP contribution >= 0.6 is 23.4 Å². The van der Waals surface area contributed by atoms with Gasteiger partial charge in [0, 0.05) is 6.42 Å². The fourth-order valence-corrected chi connectivity index (χ4v) is 3.04. The number of aliphatic hydroxyl groups is 1. The van der Waals surface area contributed by atoms with Crippen LogP contribution in [0.15, 0.2) is 0 Å². The molecule has 68 valence electrons. The molecule has 0 radical (unpaired) electrons. The number of aliphatic hydroxyl groups excluding tert-OH is 1. The van der Waals surface area contributed by atoms with E-state index < -0.39 is 6.10 Å². The van der Waals surface area contributed by atoms with Crippen LogP contribution in [0.3, 0.4) is 0 Å². The molecular weight excluding hydrogens is 200 g/mol. The van der Waals surface area contributed by atoms with Gasteiger partial charge in [-0.2, -0.15) is 0 Å². The number of rotatable bonds is 0. The Balaban J connectivity index is 2.05. The van der Waals surface area contributed by atoms with Crippen LogP contribution in [0.4, 0.5) is 4.79 Å². The Kier molecular flexibility index (Phi) is 2.23. The van der Waals surface area contributed by atoms with Crippen molar-refractivity contribution in [3.63, 3.8) is 0 Å². The lowest BCUT2D eigenvalue weighted by Gasteiger charge is -2.29. The van der Waals surface area contributed by atoms with Crippen molar-refractivity contribution < 1.29 is 14.6 Å². The Morgan fingerprint density at radius 3 is 3.08 bits per heavy atom. The van der Waals surface area contributed by atoms with Gasteiger partial charge >= 0.3 is 5.30 Å². The van der Waals surface area contributed by atoms with Crippen LogP contribution in [-0.2, 0) is 4.74 Å². The minimum Gasteiger partial charge on any atom is -0.453 e. The monoisotopic (exact) mass is 208 g/mol. The van der Waals surface area contributed by atoms with Crippen molar-refractivity contribution >= 4 is 28.7 Å². The first kappa shape index (κ1) is 8.66. The second-order valence-corrected chi connectivity index (χ2v) is 4.85. The topological polar surface area (TPSA) is 46.5 Å². The molecule has 1 saturated heterocycles. The molecule has 1 heterocycles. The van der Waals surface area contributed by atoms with Crippen LogP contribution in [-0.4, -0.2) is 33.2 Å². The minimum absolute atomic E-state index is 0.118. The zero-order valence-electron chi connectivity index (χ0n) is 6.27. The lowest BCUT2D eigenvalue weighted by atomic mass is 9.94. The van der Waals surface area contributed by atoms with Crippen LogP contribution in [0.25, 0.3) is 0 Å². The van der Waals surface area contributed by atoms with Crippen molar-refractivity contribution in [3.8, 4) is 0 Å². The molecule has 0 amide bonds. The van der Waals surface area contributed by atoms with Gasteiger partial charge in [0.2, 0.25) is 0 Å². The molecule has 5 heteroatoms. The second-order valence-electron chi connectivity index (χ2n) is 3.12. The van der Waals surface area contributed by atoms with Crippen molar-refractivity contribution in [2.75, 3.05) is 0 Å². The summed E-state index contributed by atoms with van der Waals surface area (Å²) >= 11 is 7.05. The van der Waals surface area contributed by atoms with Crippen molar-refractivity contribution in [1.29, 1.82) is 0 Å². The number of hydrogen-bond donors (Lipinski definition) is 1. The third-order valence-corrected chi connectivity index (χ3v) is 3.82. The molecule has 0 aromatic carbocycles. The number of fused-ring (bicyclic) bond motifs is 1. The molecule has 0 bridgehead atoms. The van der Waals surface area contributed by atoms with Crippen molar-refractivity contribution in [2.24, 2.45) is 0 Å². The smallest absolute Gasteiger partial charge is 0.368 e. The number of hydrogen-bond acceptors (Lipinski definition) is 4. The van der Waals surface area contributed by atoms with E-state index in [1.807, 2.05) is 0 Å². The van der Waals surface area contributed by atoms with E-state index in [-0.39, 0.29) is 22.0 Å². The van der Waals surface area contributed by atoms with Gasteiger partial charge in [-0.1, -0.05) is 0 Å². The van der Waals surface area contributed by atoms with Gasteiger partial charge in [-0.3, -0.25) is 0 Å². The van der Waals surface area contributed by atoms with E-state index in [4.69, 9.17) is 16.3 Å². The molecule has 1 aliphatic carbocycles. The molecule has 12 heavy (non-hydrogen) atoms. The van der Waals surface area contributed by atoms with Gasteiger partial charge in [0.1, 0.15) is 6.10 Å². The summed E-state index contributed by atoms with van der Waals surface area (Å²) in [5.74, 6) is 0. The Morgan fingerprint density at radius 1 is 1.58 bits per heavy atom. The summed E-state index contributed by atoms with van der Waals surface area (Å²) in [4.78, 5) is 10.8. The van der Waals surface area contributed by atoms with E-state index in [0.29, 0.717) is 12.8 Å². The van der Waals surface area contributed by atoms with Gasteiger partial charge in [0.15, 0.2) is 0 Å². The fourth-order valence-electron chi connectivity index (χ4n) is 1.59. The summed E-state index contributed by atoms with van der Waals surface area (Å²) in [7, 11) is 0. The average molecular weight is 209 g/mol. The predicted octanol–water partition coefficient (Wildman–Crippen LogP) is 1.37. The molecular formula is C7H9ClO3S. The van der Waals surface area contributed by atoms with Gasteiger partial charge in [0.05, 0.1) is 16.7 Å². The number of carbonyl (C=O) groups excluding carboxylic acids is 1. The van der Waals surface area contributed by atoms with E-state index in [2.05, 4.69) is 0 Å². The predicted molar refractivity (Wildman–Crippen MR) is 46.5 cm³/mol. The van der Waals surface area contributed by atoms with Crippen molar-refractivity contribution in [1.82, 2.24) is 0 Å². The molecule has 0 aromatic rings. The Morgan fingerprint density at radius 2 is 2.33 bits per heavy atom. The zero-order chi connectivity index (χ0) is 8.72. The van der Waals surface area contributed by atoms with Crippen LogP contribution in [0.1, 0.15) is 12.8 Å². The maximum atomic E-state index is 10.8. The van der Waals surface area contributed by atoms with Gasteiger partial charge < -0.3 is 9.84 Å². The quantitative estimate of drug-likeness (QED) is 0.483. The maximum Gasteiger partial charge on any atom is 0.368 e. The third kappa shape index (κ3) is 1.43. The van der Waals surface area contributed by atoms with E-state index in [9.17, 15) is 9.90 Å². The van der Waals surface area contributed by atoms with Crippen LogP contribution in [0.2, 0.25) is 0 Å². The first-order chi connectivity index (χ1) is 5.66. The van der Waals surface area contributed by atoms with Crippen molar-refractivity contribution in [2.45, 2.75) is 35.7 Å². The standard InChI is InChI=1S/C7H9ClO3S/c8-3-1-6-5(2-4(3)9)11-7(10)12-6/h3-6,9H,1-2H2. The van der Waals surface area contributed by atoms with Crippen LogP contribution in [0.5, 0.6) is 0 Å². The van der Waals surface area contributed by atoms with Gasteiger partial charge in [-0.05, 0) is 18.2 Å². The van der Waals surface area contributed by atoms with Gasteiger partial charge in [-0.15, -0.1) is 11.6 Å². The van der Waals surface area contributed by atoms with Crippen LogP contribution in [0, 0.1) is 0 Å². The number of carbonyl (C=O) groups is 1. The molecule has 2 aliphatic rings. The highest BCUT2D eigenvalue weighted by Crippen LogP contribution is 2.39. The molecule has 3 nitrogen and oxygen atoms in total. The fraction of sp³-hybridized carbons (Fsp3) is 0.857. The molecule has 4 atom stereocenters. The first-order valence-corrected chi connectivity index (χ1v) is 5.18. The first-order valence-electron chi connectivity index (χ1n) is 3.86. The minimum atomic E-state index is -0.528. The summed E-state index contributed by atoms with van der Waals surface area (Å²) < 4.78 is 4.99. The number of thioether (sulfide) groups is 1. The summed E-state index contributed by atoms with van der Waals surface area (Å²) in [5, 5.41) is 9.07. The maximum absolute atomic E-state index is 10.8. The lowest BCUT2D eigenvalue weighted by molar-refractivity contribution is 0.0479. The van der Waals surface area contributed by atoms with E-state index >= 15 is 0 Å². The summed E-state index contributed by atoms with van der Waals surface area (Å²) in [5.41, 5.74) is 0. The Hall–Kier alpha value is 0.0700. The largest absolute Gasteiger partial charge is 0.453 e. The van der Waals surface area contributed by atoms with E-state index in [1.165, 1.54) is 11.8 Å². The highest BCUT2D eigenvalue weighted by Gasteiger charge is 2.43. The molecule has 1 aliphatic heterocycles. The van der Waals surface area contributed by atoms with Gasteiger partial charge in [-0.25, -0.2) is 4.79 Å². The van der Waals surface area contributed by atoms with Crippen molar-refractivity contribution in [3.05, 3.63) is 0 Å². The highest BCUT2D eigenvalue weighted by atomic mass is 35.5. The SMILES string of the molecule is O=C1OC2CC(O)C(Cl)CC2S1. The molecule has 0 aromatic heterocycles. The Bertz CT molecular complexity index is 191. The molecule has 2 rings (SSSR count). The average Bonchev–Trinajstić information content (AvgIpc) is 2.30. The third-order valence-electron chi connectivity index (χ3n) is 2.26. The Labute approximate surface area is 79.4 Å². The number of halogens is 1. The normalized spacial score (nSPS) is 47.0. The van der Waals surface area contributed by atoms with E-state index in [0.717, 1.165) is 0 Å². The van der Waals surface area contributed by atoms with E-state index in [1.54, 1.807) is 0 Å². The summed E-state index contributed by atoms with van der Waals surface area (Å²) in [6, 6.07) is 0. The highest BCUT2D eigenvalue weighted by molar-refractivity contribution is 8.14.